The van der Waals surface area contributed by atoms with Crippen LogP contribution in [0.1, 0.15) is 25.0 Å². The van der Waals surface area contributed by atoms with Gasteiger partial charge in [0.2, 0.25) is 0 Å². The van der Waals surface area contributed by atoms with Gasteiger partial charge in [0, 0.05) is 26.7 Å². The molecule has 1 fully saturated rings. The van der Waals surface area contributed by atoms with Gasteiger partial charge in [-0.1, -0.05) is 60.7 Å². The highest BCUT2D eigenvalue weighted by Gasteiger charge is 2.50. The van der Waals surface area contributed by atoms with Gasteiger partial charge in [-0.15, -0.1) is 0 Å². The number of nitrogens with zero attached hydrogens (tertiary/aromatic N) is 2. The van der Waals surface area contributed by atoms with E-state index in [0.717, 1.165) is 35.1 Å². The van der Waals surface area contributed by atoms with Crippen LogP contribution in [0.2, 0.25) is 0 Å². The van der Waals surface area contributed by atoms with E-state index in [4.69, 9.17) is 9.68 Å². The second-order valence-electron chi connectivity index (χ2n) is 6.90. The fourth-order valence-electron chi connectivity index (χ4n) is 3.31. The van der Waals surface area contributed by atoms with Gasteiger partial charge in [0.1, 0.15) is 0 Å². The normalized spacial score (nSPS) is 18.9. The molecule has 2 unspecified atom stereocenters. The molecular weight excluding hydrogens is 388 g/mol. The number of hydrogen-bond acceptors (Lipinski definition) is 6. The Hall–Kier alpha value is -3.68. The van der Waals surface area contributed by atoms with Gasteiger partial charge >= 0.3 is 11.9 Å². The van der Waals surface area contributed by atoms with Crippen molar-refractivity contribution in [1.29, 1.82) is 0 Å². The second kappa shape index (κ2) is 9.21. The lowest BCUT2D eigenvalue weighted by Gasteiger charge is -2.41. The molecule has 0 N–H and O–H groups in total. The monoisotopic (exact) mass is 410 g/mol. The predicted molar refractivity (Wildman–Crippen MR) is 105 cm³/mol. The Morgan fingerprint density at radius 2 is 1.03 bits per heavy atom. The van der Waals surface area contributed by atoms with E-state index in [-0.39, 0.29) is 12.8 Å². The molecule has 156 valence electrons. The Bertz CT molecular complexity index is 854. The first-order chi connectivity index (χ1) is 14.4. The molecule has 0 bridgehead atoms. The maximum absolute atomic E-state index is 13.3. The number of amides is 2. The molecule has 8 heteroatoms. The summed E-state index contributed by atoms with van der Waals surface area (Å²) < 4.78 is 0. The van der Waals surface area contributed by atoms with Crippen molar-refractivity contribution in [1.82, 2.24) is 10.1 Å². The van der Waals surface area contributed by atoms with E-state index in [1.807, 2.05) is 12.1 Å². The number of rotatable bonds is 6. The SMILES string of the molecule is CC(=O)ON1C(=O)C(Cc2ccccc2)N(OC(C)=O)C(=O)C1Cc1ccccc1. The number of carbonyl (C=O) groups is 4. The fourth-order valence-corrected chi connectivity index (χ4v) is 3.31. The lowest BCUT2D eigenvalue weighted by molar-refractivity contribution is -0.247. The third-order valence-electron chi connectivity index (χ3n) is 4.57. The van der Waals surface area contributed by atoms with Crippen molar-refractivity contribution in [2.45, 2.75) is 38.8 Å². The van der Waals surface area contributed by atoms with Gasteiger partial charge in [0.05, 0.1) is 0 Å². The molecule has 0 spiro atoms. The second-order valence-corrected chi connectivity index (χ2v) is 6.90. The molecule has 1 saturated heterocycles. The number of benzene rings is 2. The first kappa shape index (κ1) is 21.0. The van der Waals surface area contributed by atoms with Crippen molar-refractivity contribution in [3.63, 3.8) is 0 Å². The van der Waals surface area contributed by atoms with Crippen LogP contribution < -0.4 is 0 Å². The molecule has 3 rings (SSSR count). The molecule has 2 aromatic rings. The summed E-state index contributed by atoms with van der Waals surface area (Å²) in [5.74, 6) is -2.74. The van der Waals surface area contributed by atoms with E-state index in [9.17, 15) is 19.2 Å². The van der Waals surface area contributed by atoms with Gasteiger partial charge in [-0.3, -0.25) is 19.2 Å². The smallest absolute Gasteiger partial charge is 0.329 e. The molecule has 0 saturated carbocycles. The van der Waals surface area contributed by atoms with Gasteiger partial charge in [0.25, 0.3) is 11.8 Å². The van der Waals surface area contributed by atoms with Crippen molar-refractivity contribution in [3.05, 3.63) is 71.8 Å². The van der Waals surface area contributed by atoms with Crippen LogP contribution in [0.5, 0.6) is 0 Å². The largest absolute Gasteiger partial charge is 0.338 e. The van der Waals surface area contributed by atoms with Crippen LogP contribution in [0.3, 0.4) is 0 Å². The average Bonchev–Trinajstić information content (AvgIpc) is 2.72. The van der Waals surface area contributed by atoms with Crippen LogP contribution in [-0.4, -0.2) is 46.0 Å². The zero-order valence-electron chi connectivity index (χ0n) is 16.7. The van der Waals surface area contributed by atoms with E-state index in [1.165, 1.54) is 0 Å². The average molecular weight is 410 g/mol. The van der Waals surface area contributed by atoms with E-state index in [1.54, 1.807) is 48.5 Å². The molecular formula is C22H22N2O6. The molecule has 1 aliphatic heterocycles. The third-order valence-corrected chi connectivity index (χ3v) is 4.57. The zero-order chi connectivity index (χ0) is 21.7. The molecule has 0 radical (unpaired) electrons. The standard InChI is InChI=1S/C22H22N2O6/c1-15(25)29-23-19(13-17-9-5-3-6-10-17)22(28)24(30-16(2)26)20(21(23)27)14-18-11-7-4-8-12-18/h3-12,19-20H,13-14H2,1-2H3. The van der Waals surface area contributed by atoms with Gasteiger partial charge in [-0.25, -0.2) is 0 Å². The number of piperazine rings is 1. The molecule has 0 aliphatic carbocycles. The van der Waals surface area contributed by atoms with Crippen LogP contribution in [0.25, 0.3) is 0 Å². The first-order valence-corrected chi connectivity index (χ1v) is 9.48. The van der Waals surface area contributed by atoms with E-state index >= 15 is 0 Å². The summed E-state index contributed by atoms with van der Waals surface area (Å²) >= 11 is 0. The summed E-state index contributed by atoms with van der Waals surface area (Å²) in [6.45, 7) is 2.31. The maximum Gasteiger partial charge on any atom is 0.329 e. The van der Waals surface area contributed by atoms with Crippen LogP contribution >= 0.6 is 0 Å². The van der Waals surface area contributed by atoms with Crippen molar-refractivity contribution >= 4 is 23.8 Å². The molecule has 2 aromatic carbocycles. The number of hydroxylamine groups is 4. The summed E-state index contributed by atoms with van der Waals surface area (Å²) in [6.07, 6.45) is 0.184. The van der Waals surface area contributed by atoms with Crippen molar-refractivity contribution in [2.75, 3.05) is 0 Å². The van der Waals surface area contributed by atoms with E-state index in [2.05, 4.69) is 0 Å². The highest BCUT2D eigenvalue weighted by Crippen LogP contribution is 2.25. The van der Waals surface area contributed by atoms with Crippen LogP contribution in [0.15, 0.2) is 60.7 Å². The number of hydrogen-bond donors (Lipinski definition) is 0. The quantitative estimate of drug-likeness (QED) is 0.721. The summed E-state index contributed by atoms with van der Waals surface area (Å²) in [7, 11) is 0. The Morgan fingerprint density at radius 3 is 1.33 bits per heavy atom. The van der Waals surface area contributed by atoms with E-state index in [0.29, 0.717) is 0 Å². The van der Waals surface area contributed by atoms with Gasteiger partial charge in [-0.2, -0.15) is 10.1 Å². The summed E-state index contributed by atoms with van der Waals surface area (Å²) in [5, 5.41) is 1.62. The van der Waals surface area contributed by atoms with Crippen LogP contribution in [0.4, 0.5) is 0 Å². The highest BCUT2D eigenvalue weighted by molar-refractivity contribution is 5.97. The minimum Gasteiger partial charge on any atom is -0.338 e. The lowest BCUT2D eigenvalue weighted by Crippen LogP contribution is -2.66. The van der Waals surface area contributed by atoms with Gasteiger partial charge in [0.15, 0.2) is 12.1 Å². The fraction of sp³-hybridized carbons (Fsp3) is 0.273. The molecule has 30 heavy (non-hydrogen) atoms. The lowest BCUT2D eigenvalue weighted by atomic mass is 9.97. The van der Waals surface area contributed by atoms with Gasteiger partial charge in [-0.05, 0) is 11.1 Å². The highest BCUT2D eigenvalue weighted by atomic mass is 16.7. The predicted octanol–water partition coefficient (Wildman–Crippen LogP) is 1.84. The topological polar surface area (TPSA) is 93.2 Å². The summed E-state index contributed by atoms with van der Waals surface area (Å²) in [4.78, 5) is 60.1. The molecule has 1 heterocycles. The molecule has 2 atom stereocenters. The number of carbonyl (C=O) groups excluding carboxylic acids is 4. The Morgan fingerprint density at radius 1 is 0.700 bits per heavy atom. The zero-order valence-corrected chi connectivity index (χ0v) is 16.7. The molecule has 1 aliphatic rings. The maximum atomic E-state index is 13.3. The summed E-state index contributed by atoms with van der Waals surface area (Å²) in [6, 6.07) is 15.7. The molecule has 2 amide bonds. The van der Waals surface area contributed by atoms with E-state index < -0.39 is 35.8 Å². The minimum atomic E-state index is -1.16. The van der Waals surface area contributed by atoms with Crippen molar-refractivity contribution in [2.24, 2.45) is 0 Å². The van der Waals surface area contributed by atoms with Crippen molar-refractivity contribution < 1.29 is 28.9 Å². The van der Waals surface area contributed by atoms with Crippen LogP contribution in [-0.2, 0) is 41.7 Å². The Balaban J connectivity index is 1.97. The summed E-state index contributed by atoms with van der Waals surface area (Å²) in [5.41, 5.74) is 1.51. The molecule has 8 nitrogen and oxygen atoms in total. The third kappa shape index (κ3) is 4.83. The first-order valence-electron chi connectivity index (χ1n) is 9.48. The Kier molecular flexibility index (Phi) is 6.46. The minimum absolute atomic E-state index is 0.0918. The van der Waals surface area contributed by atoms with Gasteiger partial charge < -0.3 is 9.68 Å². The Labute approximate surface area is 173 Å². The van der Waals surface area contributed by atoms with Crippen LogP contribution in [0, 0.1) is 0 Å². The van der Waals surface area contributed by atoms with Crippen molar-refractivity contribution in [3.8, 4) is 0 Å². The molecule has 0 aromatic heterocycles.